The van der Waals surface area contributed by atoms with Gasteiger partial charge in [0.25, 0.3) is 0 Å². The number of benzene rings is 1. The predicted molar refractivity (Wildman–Crippen MR) is 59.7 cm³/mol. The maximum absolute atomic E-state index is 5.85. The van der Waals surface area contributed by atoms with Crippen LogP contribution in [0.2, 0.25) is 10.0 Å². The lowest BCUT2D eigenvalue weighted by Crippen LogP contribution is -1.77. The van der Waals surface area contributed by atoms with Crippen molar-refractivity contribution in [1.29, 1.82) is 0 Å². The van der Waals surface area contributed by atoms with Gasteiger partial charge < -0.3 is 4.52 Å². The van der Waals surface area contributed by atoms with Crippen molar-refractivity contribution < 1.29 is 4.52 Å². The van der Waals surface area contributed by atoms with Crippen LogP contribution in [0.15, 0.2) is 33.5 Å². The van der Waals surface area contributed by atoms with Crippen LogP contribution in [0.4, 0.5) is 0 Å². The lowest BCUT2D eigenvalue weighted by molar-refractivity contribution is 0.402. The quantitative estimate of drug-likeness (QED) is 0.778. The van der Waals surface area contributed by atoms with E-state index in [0.717, 1.165) is 5.56 Å². The van der Waals surface area contributed by atoms with Gasteiger partial charge in [0.2, 0.25) is 4.67 Å². The number of aromatic nitrogens is 1. The van der Waals surface area contributed by atoms with Crippen LogP contribution in [0.25, 0.3) is 11.3 Å². The fraction of sp³-hybridized carbons (Fsp3) is 0. The fourth-order valence-corrected chi connectivity index (χ4v) is 1.91. The molecule has 2 nitrogen and oxygen atoms in total. The Labute approximate surface area is 98.9 Å². The van der Waals surface area contributed by atoms with E-state index in [-0.39, 0.29) is 0 Å². The molecular weight excluding hydrogens is 289 g/mol. The molecule has 1 heterocycles. The Balaban J connectivity index is 2.51. The smallest absolute Gasteiger partial charge is 0.202 e. The van der Waals surface area contributed by atoms with Gasteiger partial charge >= 0.3 is 0 Å². The normalized spacial score (nSPS) is 10.5. The minimum Gasteiger partial charge on any atom is -0.349 e. The number of hydrogen-bond donors (Lipinski definition) is 0. The van der Waals surface area contributed by atoms with Crippen LogP contribution < -0.4 is 0 Å². The Bertz CT molecular complexity index is 449. The molecular formula is C9H4BrCl2NO. The highest BCUT2D eigenvalue weighted by Crippen LogP contribution is 2.27. The second-order valence-electron chi connectivity index (χ2n) is 2.67. The Hall–Kier alpha value is -0.510. The SMILES string of the molecule is Clc1cc(Cl)cc(-c2cc(Br)on2)c1. The van der Waals surface area contributed by atoms with Crippen molar-refractivity contribution in [3.8, 4) is 11.3 Å². The third kappa shape index (κ3) is 2.11. The first-order valence-corrected chi connectivity index (χ1v) is 5.29. The molecule has 0 radical (unpaired) electrons. The number of rotatable bonds is 1. The highest BCUT2D eigenvalue weighted by molar-refractivity contribution is 9.10. The topological polar surface area (TPSA) is 26.0 Å². The molecule has 14 heavy (non-hydrogen) atoms. The van der Waals surface area contributed by atoms with Crippen LogP contribution in [0.1, 0.15) is 0 Å². The minimum atomic E-state index is 0.573. The average molecular weight is 293 g/mol. The van der Waals surface area contributed by atoms with E-state index in [9.17, 15) is 0 Å². The molecule has 0 saturated heterocycles. The lowest BCUT2D eigenvalue weighted by atomic mass is 10.2. The van der Waals surface area contributed by atoms with Gasteiger partial charge in [0.05, 0.1) is 0 Å². The molecule has 0 unspecified atom stereocenters. The van der Waals surface area contributed by atoms with E-state index in [1.54, 1.807) is 24.3 Å². The highest BCUT2D eigenvalue weighted by Gasteiger charge is 2.06. The van der Waals surface area contributed by atoms with E-state index in [1.807, 2.05) is 0 Å². The summed E-state index contributed by atoms with van der Waals surface area (Å²) in [6.45, 7) is 0. The van der Waals surface area contributed by atoms with Gasteiger partial charge in [-0.3, -0.25) is 0 Å². The fourth-order valence-electron chi connectivity index (χ4n) is 1.09. The molecule has 5 heteroatoms. The summed E-state index contributed by atoms with van der Waals surface area (Å²) in [5.41, 5.74) is 1.53. The molecule has 0 bridgehead atoms. The van der Waals surface area contributed by atoms with E-state index in [4.69, 9.17) is 27.7 Å². The summed E-state index contributed by atoms with van der Waals surface area (Å²) in [4.78, 5) is 0. The maximum atomic E-state index is 5.85. The summed E-state index contributed by atoms with van der Waals surface area (Å²) in [7, 11) is 0. The van der Waals surface area contributed by atoms with Gasteiger partial charge in [-0.15, -0.1) is 0 Å². The first kappa shape index (κ1) is 10.0. The van der Waals surface area contributed by atoms with Crippen molar-refractivity contribution in [2.24, 2.45) is 0 Å². The summed E-state index contributed by atoms with van der Waals surface area (Å²) in [5, 5.41) is 4.98. The Morgan fingerprint density at radius 3 is 2.21 bits per heavy atom. The molecule has 0 aliphatic carbocycles. The summed E-state index contributed by atoms with van der Waals surface area (Å²) in [6, 6.07) is 6.97. The van der Waals surface area contributed by atoms with Gasteiger partial charge in [-0.1, -0.05) is 28.4 Å². The third-order valence-electron chi connectivity index (χ3n) is 1.64. The van der Waals surface area contributed by atoms with E-state index < -0.39 is 0 Å². The van der Waals surface area contributed by atoms with E-state index in [0.29, 0.717) is 20.4 Å². The largest absolute Gasteiger partial charge is 0.349 e. The standard InChI is InChI=1S/C9H4BrCl2NO/c10-9-4-8(13-14-9)5-1-6(11)3-7(12)2-5/h1-4H. The van der Waals surface area contributed by atoms with Crippen molar-refractivity contribution >= 4 is 39.1 Å². The first-order valence-electron chi connectivity index (χ1n) is 3.74. The minimum absolute atomic E-state index is 0.573. The molecule has 0 aliphatic rings. The van der Waals surface area contributed by atoms with Crippen LogP contribution in [0.3, 0.4) is 0 Å². The molecule has 2 aromatic rings. The Morgan fingerprint density at radius 2 is 1.71 bits per heavy atom. The van der Waals surface area contributed by atoms with Crippen molar-refractivity contribution in [2.45, 2.75) is 0 Å². The zero-order valence-corrected chi connectivity index (χ0v) is 9.90. The summed E-state index contributed by atoms with van der Waals surface area (Å²) < 4.78 is 5.45. The molecule has 1 aromatic heterocycles. The highest BCUT2D eigenvalue weighted by atomic mass is 79.9. The lowest BCUT2D eigenvalue weighted by Gasteiger charge is -1.97. The second-order valence-corrected chi connectivity index (χ2v) is 4.33. The van der Waals surface area contributed by atoms with Gasteiger partial charge in [0.15, 0.2) is 0 Å². The molecule has 0 fully saturated rings. The molecule has 0 spiro atoms. The zero-order chi connectivity index (χ0) is 10.1. The summed E-state index contributed by atoms with van der Waals surface area (Å²) in [6.07, 6.45) is 0. The first-order chi connectivity index (χ1) is 6.65. The molecule has 72 valence electrons. The second kappa shape index (κ2) is 3.93. The molecule has 0 atom stereocenters. The summed E-state index contributed by atoms with van der Waals surface area (Å²) in [5.74, 6) is 0. The van der Waals surface area contributed by atoms with Gasteiger partial charge in [-0.25, -0.2) is 0 Å². The Kier molecular flexibility index (Phi) is 2.81. The van der Waals surface area contributed by atoms with Crippen LogP contribution in [0, 0.1) is 0 Å². The predicted octanol–water partition coefficient (Wildman–Crippen LogP) is 4.41. The molecule has 0 N–H and O–H groups in total. The molecule has 0 amide bonds. The molecule has 2 rings (SSSR count). The van der Waals surface area contributed by atoms with Gasteiger partial charge in [-0.05, 0) is 34.1 Å². The van der Waals surface area contributed by atoms with Crippen LogP contribution >= 0.6 is 39.1 Å². The molecule has 1 aromatic carbocycles. The average Bonchev–Trinajstić information content (AvgIpc) is 2.50. The Morgan fingerprint density at radius 1 is 1.07 bits per heavy atom. The molecule has 0 aliphatic heterocycles. The van der Waals surface area contributed by atoms with Gasteiger partial charge in [0.1, 0.15) is 5.69 Å². The van der Waals surface area contributed by atoms with Gasteiger partial charge in [0, 0.05) is 21.7 Å². The van der Waals surface area contributed by atoms with Crippen molar-refractivity contribution in [2.75, 3.05) is 0 Å². The van der Waals surface area contributed by atoms with Crippen LogP contribution in [0.5, 0.6) is 0 Å². The zero-order valence-electron chi connectivity index (χ0n) is 6.80. The van der Waals surface area contributed by atoms with Gasteiger partial charge in [-0.2, -0.15) is 0 Å². The number of hydrogen-bond acceptors (Lipinski definition) is 2. The van der Waals surface area contributed by atoms with E-state index >= 15 is 0 Å². The number of nitrogens with zero attached hydrogens (tertiary/aromatic N) is 1. The van der Waals surface area contributed by atoms with Crippen molar-refractivity contribution in [3.63, 3.8) is 0 Å². The van der Waals surface area contributed by atoms with E-state index in [2.05, 4.69) is 21.1 Å². The monoisotopic (exact) mass is 291 g/mol. The van der Waals surface area contributed by atoms with Crippen molar-refractivity contribution in [1.82, 2.24) is 5.16 Å². The maximum Gasteiger partial charge on any atom is 0.202 e. The summed E-state index contributed by atoms with van der Waals surface area (Å²) >= 11 is 14.9. The van der Waals surface area contributed by atoms with Crippen LogP contribution in [-0.4, -0.2) is 5.16 Å². The van der Waals surface area contributed by atoms with E-state index in [1.165, 1.54) is 0 Å². The molecule has 0 saturated carbocycles. The number of halogens is 3. The van der Waals surface area contributed by atoms with Crippen molar-refractivity contribution in [3.05, 3.63) is 39.0 Å². The van der Waals surface area contributed by atoms with Crippen LogP contribution in [-0.2, 0) is 0 Å². The third-order valence-corrected chi connectivity index (χ3v) is 2.45.